The largest absolute Gasteiger partial charge is 0.481 e. The third-order valence-electron chi connectivity index (χ3n) is 3.35. The summed E-state index contributed by atoms with van der Waals surface area (Å²) in [4.78, 5) is 34.8. The first-order chi connectivity index (χ1) is 12.0. The van der Waals surface area contributed by atoms with Gasteiger partial charge in [-0.3, -0.25) is 9.59 Å². The minimum absolute atomic E-state index is 0.284. The molecule has 0 aliphatic rings. The first-order valence-electron chi connectivity index (χ1n) is 7.73. The van der Waals surface area contributed by atoms with Crippen molar-refractivity contribution in [1.29, 1.82) is 0 Å². The summed E-state index contributed by atoms with van der Waals surface area (Å²) in [6, 6.07) is 13.8. The fourth-order valence-electron chi connectivity index (χ4n) is 2.10. The van der Waals surface area contributed by atoms with Gasteiger partial charge in [-0.1, -0.05) is 24.3 Å². The lowest BCUT2D eigenvalue weighted by atomic mass is 10.2. The zero-order valence-corrected chi connectivity index (χ0v) is 14.0. The van der Waals surface area contributed by atoms with Crippen LogP contribution in [0.4, 0.5) is 5.69 Å². The van der Waals surface area contributed by atoms with E-state index in [0.29, 0.717) is 17.5 Å². The van der Waals surface area contributed by atoms with Crippen LogP contribution in [0.1, 0.15) is 22.8 Å². The van der Waals surface area contributed by atoms with Crippen molar-refractivity contribution in [2.24, 2.45) is 0 Å². The molecule has 0 heterocycles. The molecule has 1 amide bonds. The van der Waals surface area contributed by atoms with Gasteiger partial charge in [-0.2, -0.15) is 0 Å². The van der Waals surface area contributed by atoms with Gasteiger partial charge in [0, 0.05) is 5.69 Å². The van der Waals surface area contributed by atoms with Crippen molar-refractivity contribution < 1.29 is 23.9 Å². The Kier molecular flexibility index (Phi) is 6.28. The number of para-hydroxylation sites is 1. The number of hydrogen-bond donors (Lipinski definition) is 1. The van der Waals surface area contributed by atoms with E-state index >= 15 is 0 Å². The normalized spacial score (nSPS) is 11.3. The molecule has 0 saturated carbocycles. The highest BCUT2D eigenvalue weighted by Gasteiger charge is 2.18. The van der Waals surface area contributed by atoms with Gasteiger partial charge in [0.25, 0.3) is 5.91 Å². The van der Waals surface area contributed by atoms with Crippen LogP contribution < -0.4 is 10.1 Å². The summed E-state index contributed by atoms with van der Waals surface area (Å²) in [6.45, 7) is 2.99. The molecule has 6 heteroatoms. The average molecular weight is 341 g/mol. The molecule has 2 rings (SSSR count). The summed E-state index contributed by atoms with van der Waals surface area (Å²) in [6.07, 6.45) is -0.337. The monoisotopic (exact) mass is 341 g/mol. The quantitative estimate of drug-likeness (QED) is 0.618. The van der Waals surface area contributed by atoms with E-state index in [0.717, 1.165) is 5.56 Å². The highest BCUT2D eigenvalue weighted by atomic mass is 16.6. The average Bonchev–Trinajstić information content (AvgIpc) is 2.60. The Labute approximate surface area is 145 Å². The van der Waals surface area contributed by atoms with Crippen molar-refractivity contribution >= 4 is 23.9 Å². The van der Waals surface area contributed by atoms with Gasteiger partial charge in [0.2, 0.25) is 0 Å². The van der Waals surface area contributed by atoms with Gasteiger partial charge in [-0.15, -0.1) is 0 Å². The van der Waals surface area contributed by atoms with Crippen LogP contribution in [0.2, 0.25) is 0 Å². The van der Waals surface area contributed by atoms with Gasteiger partial charge < -0.3 is 14.8 Å². The summed E-state index contributed by atoms with van der Waals surface area (Å²) < 4.78 is 10.3. The number of benzene rings is 2. The molecule has 0 fully saturated rings. The zero-order valence-electron chi connectivity index (χ0n) is 14.0. The number of amides is 1. The van der Waals surface area contributed by atoms with Gasteiger partial charge >= 0.3 is 5.97 Å². The Hall–Kier alpha value is -3.15. The van der Waals surface area contributed by atoms with Crippen LogP contribution >= 0.6 is 0 Å². The number of nitrogens with one attached hydrogen (secondary N) is 1. The Balaban J connectivity index is 1.85. The Bertz CT molecular complexity index is 772. The van der Waals surface area contributed by atoms with Crippen LogP contribution in [0.25, 0.3) is 0 Å². The molecule has 0 unspecified atom stereocenters. The highest BCUT2D eigenvalue weighted by molar-refractivity contribution is 5.95. The molecule has 0 aromatic heterocycles. The molecule has 0 spiro atoms. The Morgan fingerprint density at radius 1 is 1.16 bits per heavy atom. The SMILES string of the molecule is Cc1cccc(NC(=O)[C@@H](C)OC(=O)COc2ccccc2C=O)c1. The minimum atomic E-state index is -0.974. The minimum Gasteiger partial charge on any atom is -0.481 e. The first-order valence-corrected chi connectivity index (χ1v) is 7.73. The van der Waals surface area contributed by atoms with Crippen molar-refractivity contribution in [3.63, 3.8) is 0 Å². The van der Waals surface area contributed by atoms with Crippen LogP contribution in [0.15, 0.2) is 48.5 Å². The lowest BCUT2D eigenvalue weighted by Gasteiger charge is -2.14. The van der Waals surface area contributed by atoms with E-state index in [1.807, 2.05) is 25.1 Å². The second-order valence-electron chi connectivity index (χ2n) is 5.44. The first kappa shape index (κ1) is 18.2. The number of rotatable bonds is 7. The number of aldehydes is 1. The van der Waals surface area contributed by atoms with Crippen molar-refractivity contribution in [1.82, 2.24) is 0 Å². The molecular formula is C19H19NO5. The lowest BCUT2D eigenvalue weighted by Crippen LogP contribution is -2.31. The highest BCUT2D eigenvalue weighted by Crippen LogP contribution is 2.15. The molecular weight excluding hydrogens is 322 g/mol. The molecule has 1 atom stereocenters. The molecule has 130 valence electrons. The third kappa shape index (κ3) is 5.46. The molecule has 2 aromatic rings. The van der Waals surface area contributed by atoms with Gasteiger partial charge in [0.15, 0.2) is 19.0 Å². The van der Waals surface area contributed by atoms with Crippen molar-refractivity contribution in [2.75, 3.05) is 11.9 Å². The molecule has 2 aromatic carbocycles. The molecule has 0 saturated heterocycles. The third-order valence-corrected chi connectivity index (χ3v) is 3.35. The second-order valence-corrected chi connectivity index (χ2v) is 5.44. The molecule has 25 heavy (non-hydrogen) atoms. The van der Waals surface area contributed by atoms with Crippen molar-refractivity contribution in [3.8, 4) is 5.75 Å². The summed E-state index contributed by atoms with van der Waals surface area (Å²) in [5.74, 6) is -0.855. The fraction of sp³-hybridized carbons (Fsp3) is 0.211. The predicted octanol–water partition coefficient (Wildman–Crippen LogP) is 2.76. The second kappa shape index (κ2) is 8.63. The summed E-state index contributed by atoms with van der Waals surface area (Å²) in [7, 11) is 0. The number of anilines is 1. The number of ether oxygens (including phenoxy) is 2. The lowest BCUT2D eigenvalue weighted by molar-refractivity contribution is -0.155. The number of hydrogen-bond acceptors (Lipinski definition) is 5. The van der Waals surface area contributed by atoms with E-state index in [9.17, 15) is 14.4 Å². The number of carbonyl (C=O) groups is 3. The fourth-order valence-corrected chi connectivity index (χ4v) is 2.10. The predicted molar refractivity (Wildman–Crippen MR) is 92.7 cm³/mol. The van der Waals surface area contributed by atoms with Crippen LogP contribution in [-0.2, 0) is 14.3 Å². The maximum absolute atomic E-state index is 12.1. The van der Waals surface area contributed by atoms with Crippen LogP contribution in [0, 0.1) is 6.92 Å². The standard InChI is InChI=1S/C19H19NO5/c1-13-6-5-8-16(10-13)20-19(23)14(2)25-18(22)12-24-17-9-4-3-7-15(17)11-21/h3-11,14H,12H2,1-2H3,(H,20,23)/t14-/m1/s1. The van der Waals surface area contributed by atoms with Gasteiger partial charge in [0.1, 0.15) is 5.75 Å². The smallest absolute Gasteiger partial charge is 0.344 e. The van der Waals surface area contributed by atoms with E-state index in [1.165, 1.54) is 6.92 Å². The van der Waals surface area contributed by atoms with Crippen molar-refractivity contribution in [3.05, 3.63) is 59.7 Å². The molecule has 6 nitrogen and oxygen atoms in total. The van der Waals surface area contributed by atoms with Crippen LogP contribution in [-0.4, -0.2) is 30.9 Å². The van der Waals surface area contributed by atoms with Gasteiger partial charge in [-0.25, -0.2) is 4.79 Å². The van der Waals surface area contributed by atoms with E-state index in [2.05, 4.69) is 5.32 Å². The summed E-state index contributed by atoms with van der Waals surface area (Å²) >= 11 is 0. The van der Waals surface area contributed by atoms with Crippen LogP contribution in [0.5, 0.6) is 5.75 Å². The van der Waals surface area contributed by atoms with E-state index in [4.69, 9.17) is 9.47 Å². The van der Waals surface area contributed by atoms with E-state index in [-0.39, 0.29) is 5.75 Å². The zero-order chi connectivity index (χ0) is 18.2. The maximum atomic E-state index is 12.1. The maximum Gasteiger partial charge on any atom is 0.344 e. The summed E-state index contributed by atoms with van der Waals surface area (Å²) in [5, 5.41) is 2.68. The van der Waals surface area contributed by atoms with Crippen LogP contribution in [0.3, 0.4) is 0 Å². The molecule has 0 aliphatic heterocycles. The van der Waals surface area contributed by atoms with E-state index in [1.54, 1.807) is 30.3 Å². The number of esters is 1. The van der Waals surface area contributed by atoms with Gasteiger partial charge in [0.05, 0.1) is 5.56 Å². The number of aryl methyl sites for hydroxylation is 1. The molecule has 0 radical (unpaired) electrons. The van der Waals surface area contributed by atoms with Gasteiger partial charge in [-0.05, 0) is 43.7 Å². The number of carbonyl (C=O) groups excluding carboxylic acids is 3. The molecule has 0 bridgehead atoms. The molecule has 1 N–H and O–H groups in total. The Morgan fingerprint density at radius 3 is 2.64 bits per heavy atom. The van der Waals surface area contributed by atoms with E-state index < -0.39 is 24.6 Å². The molecule has 0 aliphatic carbocycles. The summed E-state index contributed by atoms with van der Waals surface area (Å²) in [5.41, 5.74) is 1.97. The Morgan fingerprint density at radius 2 is 1.92 bits per heavy atom. The van der Waals surface area contributed by atoms with Crippen molar-refractivity contribution in [2.45, 2.75) is 20.0 Å². The topological polar surface area (TPSA) is 81.7 Å².